The largest absolute Gasteiger partial charge is 0.494 e. The van der Waals surface area contributed by atoms with Crippen LogP contribution in [0.2, 0.25) is 0 Å². The second kappa shape index (κ2) is 4.36. The zero-order valence-electron chi connectivity index (χ0n) is 7.13. The number of hydrogen-bond acceptors (Lipinski definition) is 2. The molecule has 1 rings (SSSR count). The standard InChI is InChI=1S/C9H11FOS/c1-3-11-7-4-5-9(12-2)8(10)6-7/h4-6H,3H2,1-2H3. The lowest BCUT2D eigenvalue weighted by Crippen LogP contribution is -1.92. The number of benzene rings is 1. The van der Waals surface area contributed by atoms with Gasteiger partial charge in [-0.1, -0.05) is 0 Å². The van der Waals surface area contributed by atoms with Crippen LogP contribution in [0.4, 0.5) is 4.39 Å². The lowest BCUT2D eigenvalue weighted by molar-refractivity contribution is 0.337. The van der Waals surface area contributed by atoms with E-state index in [-0.39, 0.29) is 5.82 Å². The molecule has 0 heterocycles. The van der Waals surface area contributed by atoms with Gasteiger partial charge in [0.05, 0.1) is 6.61 Å². The summed E-state index contributed by atoms with van der Waals surface area (Å²) in [7, 11) is 0. The highest BCUT2D eigenvalue weighted by Crippen LogP contribution is 2.23. The summed E-state index contributed by atoms with van der Waals surface area (Å²) in [6.07, 6.45) is 1.85. The van der Waals surface area contributed by atoms with Crippen LogP contribution in [0, 0.1) is 5.82 Å². The molecule has 0 atom stereocenters. The van der Waals surface area contributed by atoms with E-state index < -0.39 is 0 Å². The maximum Gasteiger partial charge on any atom is 0.140 e. The van der Waals surface area contributed by atoms with Crippen molar-refractivity contribution in [1.82, 2.24) is 0 Å². The van der Waals surface area contributed by atoms with Gasteiger partial charge in [-0.3, -0.25) is 0 Å². The SMILES string of the molecule is CCOc1ccc(SC)c(F)c1. The van der Waals surface area contributed by atoms with E-state index in [1.54, 1.807) is 12.1 Å². The van der Waals surface area contributed by atoms with Crippen LogP contribution in [-0.4, -0.2) is 12.9 Å². The molecule has 66 valence electrons. The predicted octanol–water partition coefficient (Wildman–Crippen LogP) is 2.95. The summed E-state index contributed by atoms with van der Waals surface area (Å²) < 4.78 is 18.2. The molecule has 0 unspecified atom stereocenters. The summed E-state index contributed by atoms with van der Waals surface area (Å²) in [6, 6.07) is 4.92. The van der Waals surface area contributed by atoms with Crippen molar-refractivity contribution in [1.29, 1.82) is 0 Å². The Balaban J connectivity index is 2.86. The van der Waals surface area contributed by atoms with Crippen molar-refractivity contribution >= 4 is 11.8 Å². The van der Waals surface area contributed by atoms with Gasteiger partial charge in [-0.2, -0.15) is 0 Å². The number of rotatable bonds is 3. The summed E-state index contributed by atoms with van der Waals surface area (Å²) in [5, 5.41) is 0. The topological polar surface area (TPSA) is 9.23 Å². The number of ether oxygens (including phenoxy) is 1. The van der Waals surface area contributed by atoms with E-state index in [0.29, 0.717) is 17.3 Å². The zero-order valence-corrected chi connectivity index (χ0v) is 7.95. The minimum atomic E-state index is -0.214. The second-order valence-corrected chi connectivity index (χ2v) is 3.08. The number of halogens is 1. The minimum Gasteiger partial charge on any atom is -0.494 e. The molecule has 0 aliphatic carbocycles. The molecule has 0 aromatic heterocycles. The Hall–Kier alpha value is -0.700. The quantitative estimate of drug-likeness (QED) is 0.671. The first-order valence-corrected chi connectivity index (χ1v) is 4.96. The molecular weight excluding hydrogens is 175 g/mol. The van der Waals surface area contributed by atoms with Crippen molar-refractivity contribution in [2.45, 2.75) is 11.8 Å². The first-order chi connectivity index (χ1) is 5.77. The lowest BCUT2D eigenvalue weighted by Gasteiger charge is -2.04. The van der Waals surface area contributed by atoms with Crippen molar-refractivity contribution in [3.05, 3.63) is 24.0 Å². The first-order valence-electron chi connectivity index (χ1n) is 3.74. The molecule has 1 aromatic carbocycles. The Bertz CT molecular complexity index is 263. The monoisotopic (exact) mass is 186 g/mol. The van der Waals surface area contributed by atoms with Crippen LogP contribution >= 0.6 is 11.8 Å². The van der Waals surface area contributed by atoms with Gasteiger partial charge in [0.1, 0.15) is 11.6 Å². The molecule has 1 nitrogen and oxygen atoms in total. The van der Waals surface area contributed by atoms with Crippen molar-refractivity contribution in [3.63, 3.8) is 0 Å². The van der Waals surface area contributed by atoms with E-state index in [0.717, 1.165) is 0 Å². The van der Waals surface area contributed by atoms with Crippen molar-refractivity contribution in [3.8, 4) is 5.75 Å². The van der Waals surface area contributed by atoms with Crippen LogP contribution < -0.4 is 4.74 Å². The molecule has 0 spiro atoms. The minimum absolute atomic E-state index is 0.214. The van der Waals surface area contributed by atoms with Gasteiger partial charge in [0.2, 0.25) is 0 Å². The molecular formula is C9H11FOS. The van der Waals surface area contributed by atoms with Gasteiger partial charge in [0.25, 0.3) is 0 Å². The molecule has 0 bridgehead atoms. The fourth-order valence-corrected chi connectivity index (χ4v) is 1.36. The average molecular weight is 186 g/mol. The Morgan fingerprint density at radius 3 is 2.75 bits per heavy atom. The molecule has 0 saturated carbocycles. The summed E-state index contributed by atoms with van der Waals surface area (Å²) in [6.45, 7) is 2.44. The van der Waals surface area contributed by atoms with Crippen molar-refractivity contribution in [2.24, 2.45) is 0 Å². The van der Waals surface area contributed by atoms with Crippen LogP contribution in [-0.2, 0) is 0 Å². The van der Waals surface area contributed by atoms with Gasteiger partial charge in [0.15, 0.2) is 0 Å². The fraction of sp³-hybridized carbons (Fsp3) is 0.333. The highest BCUT2D eigenvalue weighted by molar-refractivity contribution is 7.98. The normalized spacial score (nSPS) is 9.92. The van der Waals surface area contributed by atoms with Gasteiger partial charge in [-0.25, -0.2) is 4.39 Å². The van der Waals surface area contributed by atoms with Crippen LogP contribution in [0.3, 0.4) is 0 Å². The Morgan fingerprint density at radius 2 is 2.25 bits per heavy atom. The molecule has 0 N–H and O–H groups in total. The molecule has 0 fully saturated rings. The molecule has 0 aliphatic rings. The third-order valence-corrected chi connectivity index (χ3v) is 2.21. The third-order valence-electron chi connectivity index (χ3n) is 1.43. The summed E-state index contributed by atoms with van der Waals surface area (Å²) in [4.78, 5) is 0.651. The molecule has 3 heteroatoms. The van der Waals surface area contributed by atoms with Crippen LogP contribution in [0.25, 0.3) is 0 Å². The molecule has 0 amide bonds. The smallest absolute Gasteiger partial charge is 0.140 e. The van der Waals surface area contributed by atoms with E-state index >= 15 is 0 Å². The van der Waals surface area contributed by atoms with Crippen LogP contribution in [0.15, 0.2) is 23.1 Å². The third kappa shape index (κ3) is 2.14. The van der Waals surface area contributed by atoms with Gasteiger partial charge in [0, 0.05) is 11.0 Å². The van der Waals surface area contributed by atoms with E-state index in [1.807, 2.05) is 13.2 Å². The average Bonchev–Trinajstić information content (AvgIpc) is 2.05. The maximum atomic E-state index is 13.1. The number of thioether (sulfide) groups is 1. The van der Waals surface area contributed by atoms with E-state index in [9.17, 15) is 4.39 Å². The molecule has 0 saturated heterocycles. The van der Waals surface area contributed by atoms with Crippen molar-refractivity contribution in [2.75, 3.05) is 12.9 Å². The highest BCUT2D eigenvalue weighted by Gasteiger charge is 2.01. The Morgan fingerprint density at radius 1 is 1.50 bits per heavy atom. The number of hydrogen-bond donors (Lipinski definition) is 0. The molecule has 0 aliphatic heterocycles. The van der Waals surface area contributed by atoms with Gasteiger partial charge in [-0.05, 0) is 25.3 Å². The van der Waals surface area contributed by atoms with Crippen molar-refractivity contribution < 1.29 is 9.13 Å². The van der Waals surface area contributed by atoms with E-state index in [2.05, 4.69) is 0 Å². The van der Waals surface area contributed by atoms with Gasteiger partial charge < -0.3 is 4.74 Å². The van der Waals surface area contributed by atoms with Crippen LogP contribution in [0.1, 0.15) is 6.92 Å². The summed E-state index contributed by atoms with van der Waals surface area (Å²) in [5.74, 6) is 0.376. The maximum absolute atomic E-state index is 13.1. The second-order valence-electron chi connectivity index (χ2n) is 2.23. The fourth-order valence-electron chi connectivity index (χ4n) is 0.904. The highest BCUT2D eigenvalue weighted by atomic mass is 32.2. The van der Waals surface area contributed by atoms with E-state index in [1.165, 1.54) is 17.8 Å². The molecule has 12 heavy (non-hydrogen) atoms. The van der Waals surface area contributed by atoms with Crippen LogP contribution in [0.5, 0.6) is 5.75 Å². The van der Waals surface area contributed by atoms with Gasteiger partial charge >= 0.3 is 0 Å². The molecule has 1 aromatic rings. The Labute approximate surface area is 75.9 Å². The molecule has 0 radical (unpaired) electrons. The summed E-state index contributed by atoms with van der Waals surface area (Å²) >= 11 is 1.39. The summed E-state index contributed by atoms with van der Waals surface area (Å²) in [5.41, 5.74) is 0. The van der Waals surface area contributed by atoms with Gasteiger partial charge in [-0.15, -0.1) is 11.8 Å². The van der Waals surface area contributed by atoms with E-state index in [4.69, 9.17) is 4.74 Å². The lowest BCUT2D eigenvalue weighted by atomic mass is 10.3. The predicted molar refractivity (Wildman–Crippen MR) is 49.4 cm³/mol. The first kappa shape index (κ1) is 9.39. The zero-order chi connectivity index (χ0) is 8.97. The Kier molecular flexibility index (Phi) is 3.41.